The van der Waals surface area contributed by atoms with Gasteiger partial charge in [0.1, 0.15) is 0 Å². The van der Waals surface area contributed by atoms with Crippen LogP contribution in [0.15, 0.2) is 71.3 Å². The molecule has 34 heavy (non-hydrogen) atoms. The fourth-order valence-electron chi connectivity index (χ4n) is 4.16. The molecule has 3 aromatic rings. The summed E-state index contributed by atoms with van der Waals surface area (Å²) in [6.07, 6.45) is 0.844. The van der Waals surface area contributed by atoms with Crippen LogP contribution in [0.25, 0.3) is 11.3 Å². The van der Waals surface area contributed by atoms with Crippen LogP contribution in [-0.4, -0.2) is 73.1 Å². The Morgan fingerprint density at radius 2 is 1.76 bits per heavy atom. The number of carbonyl (C=O) groups excluding carboxylic acids is 2. The highest BCUT2D eigenvalue weighted by molar-refractivity contribution is 5.95. The fourth-order valence-corrected chi connectivity index (χ4v) is 4.16. The summed E-state index contributed by atoms with van der Waals surface area (Å²) in [5.41, 5.74) is 2.30. The van der Waals surface area contributed by atoms with Crippen LogP contribution in [0.3, 0.4) is 0 Å². The van der Waals surface area contributed by atoms with Gasteiger partial charge in [0, 0.05) is 50.4 Å². The van der Waals surface area contributed by atoms with Crippen molar-refractivity contribution in [2.75, 3.05) is 46.3 Å². The van der Waals surface area contributed by atoms with Crippen LogP contribution in [0.4, 0.5) is 0 Å². The van der Waals surface area contributed by atoms with E-state index in [1.54, 1.807) is 6.07 Å². The number of rotatable bonds is 9. The SMILES string of the molecule is CN1CCN(CCCNC(=O)CNC(=O)c2cc(-c3ccccc3)on2)C(c2ccccc2)C1. The first kappa shape index (κ1) is 23.7. The number of hydrogen-bond donors (Lipinski definition) is 2. The molecule has 1 aromatic heterocycles. The molecule has 1 aliphatic rings. The molecule has 2 aromatic carbocycles. The lowest BCUT2D eigenvalue weighted by Gasteiger charge is -2.40. The normalized spacial score (nSPS) is 16.8. The summed E-state index contributed by atoms with van der Waals surface area (Å²) in [5, 5.41) is 9.29. The maximum Gasteiger partial charge on any atom is 0.273 e. The molecular weight excluding hydrogens is 430 g/mol. The van der Waals surface area contributed by atoms with Crippen LogP contribution in [-0.2, 0) is 4.79 Å². The Kier molecular flexibility index (Phi) is 8.06. The largest absolute Gasteiger partial charge is 0.355 e. The smallest absolute Gasteiger partial charge is 0.273 e. The van der Waals surface area contributed by atoms with Crippen molar-refractivity contribution in [2.24, 2.45) is 0 Å². The monoisotopic (exact) mass is 461 g/mol. The summed E-state index contributed by atoms with van der Waals surface area (Å²) in [7, 11) is 2.16. The molecule has 8 nitrogen and oxygen atoms in total. The van der Waals surface area contributed by atoms with Crippen molar-refractivity contribution in [3.05, 3.63) is 78.0 Å². The molecule has 0 spiro atoms. The van der Waals surface area contributed by atoms with Gasteiger partial charge in [-0.2, -0.15) is 0 Å². The first-order valence-corrected chi connectivity index (χ1v) is 11.6. The van der Waals surface area contributed by atoms with Crippen LogP contribution in [0.1, 0.15) is 28.5 Å². The summed E-state index contributed by atoms with van der Waals surface area (Å²) in [4.78, 5) is 29.3. The Balaban J connectivity index is 1.18. The molecule has 1 unspecified atom stereocenters. The zero-order chi connectivity index (χ0) is 23.8. The topological polar surface area (TPSA) is 90.7 Å². The minimum atomic E-state index is -0.441. The van der Waals surface area contributed by atoms with Crippen molar-refractivity contribution in [2.45, 2.75) is 12.5 Å². The molecule has 1 saturated heterocycles. The number of nitrogens with zero attached hydrogens (tertiary/aromatic N) is 3. The number of likely N-dealkylation sites (N-methyl/N-ethyl adjacent to an activating group) is 1. The van der Waals surface area contributed by atoms with Gasteiger partial charge >= 0.3 is 0 Å². The zero-order valence-corrected chi connectivity index (χ0v) is 19.4. The highest BCUT2D eigenvalue weighted by atomic mass is 16.5. The zero-order valence-electron chi connectivity index (χ0n) is 19.4. The minimum absolute atomic E-state index is 0.104. The number of nitrogens with one attached hydrogen (secondary N) is 2. The number of aromatic nitrogens is 1. The third-order valence-corrected chi connectivity index (χ3v) is 6.03. The molecule has 4 rings (SSSR count). The summed E-state index contributed by atoms with van der Waals surface area (Å²) in [6.45, 7) is 4.40. The fraction of sp³-hybridized carbons (Fsp3) is 0.346. The summed E-state index contributed by atoms with van der Waals surface area (Å²) in [5.74, 6) is -0.157. The van der Waals surface area contributed by atoms with Crippen molar-refractivity contribution >= 4 is 11.8 Å². The van der Waals surface area contributed by atoms with Gasteiger partial charge in [-0.25, -0.2) is 0 Å². The highest BCUT2D eigenvalue weighted by Gasteiger charge is 2.26. The molecule has 0 aliphatic carbocycles. The lowest BCUT2D eigenvalue weighted by atomic mass is 10.0. The van der Waals surface area contributed by atoms with E-state index in [1.165, 1.54) is 5.56 Å². The Labute approximate surface area is 199 Å². The molecule has 0 radical (unpaired) electrons. The Morgan fingerprint density at radius 1 is 1.03 bits per heavy atom. The van der Waals surface area contributed by atoms with Gasteiger partial charge in [-0.1, -0.05) is 65.8 Å². The third kappa shape index (κ3) is 6.30. The van der Waals surface area contributed by atoms with Gasteiger partial charge in [0.15, 0.2) is 11.5 Å². The van der Waals surface area contributed by atoms with Crippen molar-refractivity contribution in [1.29, 1.82) is 0 Å². The first-order valence-electron chi connectivity index (χ1n) is 11.6. The molecular formula is C26H31N5O3. The number of piperazine rings is 1. The van der Waals surface area contributed by atoms with Crippen molar-refractivity contribution in [3.8, 4) is 11.3 Å². The average Bonchev–Trinajstić information content (AvgIpc) is 3.37. The molecule has 2 amide bonds. The molecule has 1 atom stereocenters. The average molecular weight is 462 g/mol. The highest BCUT2D eigenvalue weighted by Crippen LogP contribution is 2.24. The number of hydrogen-bond acceptors (Lipinski definition) is 6. The van der Waals surface area contributed by atoms with E-state index >= 15 is 0 Å². The number of carbonyl (C=O) groups is 2. The molecule has 0 saturated carbocycles. The molecule has 2 heterocycles. The predicted molar refractivity (Wildman–Crippen MR) is 130 cm³/mol. The van der Waals surface area contributed by atoms with Gasteiger partial charge in [-0.05, 0) is 19.0 Å². The molecule has 178 valence electrons. The summed E-state index contributed by atoms with van der Waals surface area (Å²) in [6, 6.07) is 21.9. The second kappa shape index (κ2) is 11.6. The Morgan fingerprint density at radius 3 is 2.53 bits per heavy atom. The minimum Gasteiger partial charge on any atom is -0.355 e. The van der Waals surface area contributed by atoms with E-state index in [1.807, 2.05) is 36.4 Å². The van der Waals surface area contributed by atoms with E-state index < -0.39 is 5.91 Å². The predicted octanol–water partition coefficient (Wildman–Crippen LogP) is 2.57. The van der Waals surface area contributed by atoms with Crippen molar-refractivity contribution in [1.82, 2.24) is 25.6 Å². The summed E-state index contributed by atoms with van der Waals surface area (Å²) < 4.78 is 5.24. The molecule has 1 fully saturated rings. The van der Waals surface area contributed by atoms with Crippen molar-refractivity contribution < 1.29 is 14.1 Å². The van der Waals surface area contributed by atoms with Gasteiger partial charge in [0.05, 0.1) is 6.54 Å². The van der Waals surface area contributed by atoms with Gasteiger partial charge < -0.3 is 20.1 Å². The molecule has 0 bridgehead atoms. The van der Waals surface area contributed by atoms with E-state index in [2.05, 4.69) is 56.9 Å². The van der Waals surface area contributed by atoms with Crippen LogP contribution >= 0.6 is 0 Å². The number of amides is 2. The van der Waals surface area contributed by atoms with E-state index in [0.717, 1.165) is 38.2 Å². The maximum absolute atomic E-state index is 12.3. The van der Waals surface area contributed by atoms with Crippen LogP contribution in [0.2, 0.25) is 0 Å². The number of benzene rings is 2. The lowest BCUT2D eigenvalue weighted by molar-refractivity contribution is -0.120. The second-order valence-corrected chi connectivity index (χ2v) is 8.55. The van der Waals surface area contributed by atoms with E-state index in [0.29, 0.717) is 18.3 Å². The second-order valence-electron chi connectivity index (χ2n) is 8.55. The van der Waals surface area contributed by atoms with Gasteiger partial charge in [0.25, 0.3) is 5.91 Å². The quantitative estimate of drug-likeness (QED) is 0.476. The van der Waals surface area contributed by atoms with Crippen LogP contribution in [0, 0.1) is 0 Å². The van der Waals surface area contributed by atoms with Crippen LogP contribution < -0.4 is 10.6 Å². The van der Waals surface area contributed by atoms with Crippen molar-refractivity contribution in [3.63, 3.8) is 0 Å². The van der Waals surface area contributed by atoms with E-state index in [4.69, 9.17) is 4.52 Å². The standard InChI is InChI=1S/C26H31N5O3/c1-30-15-16-31(23(19-30)20-9-4-2-5-10-20)14-8-13-27-25(32)18-28-26(33)22-17-24(34-29-22)21-11-6-3-7-12-21/h2-7,9-12,17,23H,8,13-16,18-19H2,1H3,(H,27,32)(H,28,33). The Bertz CT molecular complexity index is 1070. The lowest BCUT2D eigenvalue weighted by Crippen LogP contribution is -2.47. The van der Waals surface area contributed by atoms with Gasteiger partial charge in [-0.3, -0.25) is 14.5 Å². The molecule has 8 heteroatoms. The van der Waals surface area contributed by atoms with E-state index in [-0.39, 0.29) is 18.1 Å². The molecule has 1 aliphatic heterocycles. The molecule has 2 N–H and O–H groups in total. The summed E-state index contributed by atoms with van der Waals surface area (Å²) >= 11 is 0. The van der Waals surface area contributed by atoms with E-state index in [9.17, 15) is 9.59 Å². The Hall–Kier alpha value is -3.49. The van der Waals surface area contributed by atoms with Gasteiger partial charge in [-0.15, -0.1) is 0 Å². The van der Waals surface area contributed by atoms with Crippen LogP contribution in [0.5, 0.6) is 0 Å². The maximum atomic E-state index is 12.3. The third-order valence-electron chi connectivity index (χ3n) is 6.03. The first-order chi connectivity index (χ1) is 16.6. The van der Waals surface area contributed by atoms with Gasteiger partial charge in [0.2, 0.25) is 5.91 Å².